The molecule has 2 aliphatic rings. The molecule has 1 N–H and O–H groups in total. The summed E-state index contributed by atoms with van der Waals surface area (Å²) >= 11 is 0. The number of ether oxygens (including phenoxy) is 1. The van der Waals surface area contributed by atoms with E-state index in [0.29, 0.717) is 22.6 Å². The molecule has 196 valence electrons. The van der Waals surface area contributed by atoms with Gasteiger partial charge in [-0.3, -0.25) is 9.59 Å². The van der Waals surface area contributed by atoms with Gasteiger partial charge in [0, 0.05) is 29.3 Å². The second kappa shape index (κ2) is 9.48. The van der Waals surface area contributed by atoms with Gasteiger partial charge in [-0.2, -0.15) is 4.31 Å². The second-order valence-electron chi connectivity index (χ2n) is 9.70. The van der Waals surface area contributed by atoms with Crippen molar-refractivity contribution in [3.05, 3.63) is 126 Å². The number of benzene rings is 4. The molecule has 0 aromatic heterocycles. The highest BCUT2D eigenvalue weighted by molar-refractivity contribution is 7.89. The van der Waals surface area contributed by atoms with Crippen LogP contribution in [0.25, 0.3) is 0 Å². The van der Waals surface area contributed by atoms with Gasteiger partial charge in [0.1, 0.15) is 5.75 Å². The van der Waals surface area contributed by atoms with Crippen molar-refractivity contribution in [3.8, 4) is 5.75 Å². The van der Waals surface area contributed by atoms with Gasteiger partial charge < -0.3 is 10.1 Å². The lowest BCUT2D eigenvalue weighted by atomic mass is 9.70. The molecule has 2 aliphatic heterocycles. The summed E-state index contributed by atoms with van der Waals surface area (Å²) < 4.78 is 35.3. The van der Waals surface area contributed by atoms with E-state index < -0.39 is 33.3 Å². The van der Waals surface area contributed by atoms with Gasteiger partial charge in [0.25, 0.3) is 5.91 Å². The van der Waals surface area contributed by atoms with Crippen LogP contribution in [0.3, 0.4) is 0 Å². The van der Waals surface area contributed by atoms with Crippen molar-refractivity contribution < 1.29 is 22.7 Å². The predicted molar refractivity (Wildman–Crippen MR) is 147 cm³/mol. The van der Waals surface area contributed by atoms with Gasteiger partial charge in [0.15, 0.2) is 11.3 Å². The average Bonchev–Trinajstić information content (AvgIpc) is 3.49. The van der Waals surface area contributed by atoms with Crippen molar-refractivity contribution >= 4 is 27.4 Å². The Bertz CT molecular complexity index is 1660. The number of amides is 1. The number of ketones is 1. The fourth-order valence-electron chi connectivity index (χ4n) is 6.01. The monoisotopic (exact) mass is 538 g/mol. The van der Waals surface area contributed by atoms with Gasteiger partial charge in [-0.05, 0) is 35.9 Å². The van der Waals surface area contributed by atoms with Crippen molar-refractivity contribution in [1.29, 1.82) is 0 Å². The number of carbonyl (C=O) groups excluding carboxylic acids is 2. The summed E-state index contributed by atoms with van der Waals surface area (Å²) in [6.45, 7) is -0.0522. The van der Waals surface area contributed by atoms with Gasteiger partial charge in [0.05, 0.1) is 17.9 Å². The summed E-state index contributed by atoms with van der Waals surface area (Å²) in [5, 5.41) is 2.89. The predicted octanol–water partition coefficient (Wildman–Crippen LogP) is 4.83. The van der Waals surface area contributed by atoms with E-state index in [2.05, 4.69) is 5.32 Å². The zero-order valence-electron chi connectivity index (χ0n) is 21.2. The Hall–Kier alpha value is -4.27. The molecule has 4 aromatic carbocycles. The number of Topliss-reactive ketones (excluding diaryl/α,β-unsaturated/α-hetero) is 1. The molecule has 1 fully saturated rings. The van der Waals surface area contributed by atoms with Gasteiger partial charge in [-0.25, -0.2) is 8.42 Å². The number of carbonyl (C=O) groups is 2. The highest BCUT2D eigenvalue weighted by Gasteiger charge is 2.68. The minimum Gasteiger partial charge on any atom is -0.497 e. The zero-order valence-corrected chi connectivity index (χ0v) is 22.0. The van der Waals surface area contributed by atoms with Gasteiger partial charge in [-0.1, -0.05) is 78.9 Å². The SMILES string of the molecule is COc1ccc(S(=O)(=O)N2CC(c3ccccc3)C(C(=O)c3ccccc3)C23C(=O)Nc2ccccc23)cc1. The van der Waals surface area contributed by atoms with Crippen LogP contribution >= 0.6 is 0 Å². The molecular weight excluding hydrogens is 512 g/mol. The smallest absolute Gasteiger partial charge is 0.251 e. The van der Waals surface area contributed by atoms with Gasteiger partial charge in [-0.15, -0.1) is 0 Å². The Labute approximate surface area is 227 Å². The lowest BCUT2D eigenvalue weighted by Crippen LogP contribution is -2.54. The number of hydrogen-bond acceptors (Lipinski definition) is 5. The molecule has 2 heterocycles. The molecule has 0 aliphatic carbocycles. The molecule has 1 spiro atoms. The number of nitrogens with zero attached hydrogens (tertiary/aromatic N) is 1. The number of sulfonamides is 1. The van der Waals surface area contributed by atoms with Crippen LogP contribution in [0, 0.1) is 5.92 Å². The van der Waals surface area contributed by atoms with E-state index in [1.807, 2.05) is 36.4 Å². The van der Waals surface area contributed by atoms with Crippen LogP contribution in [0.5, 0.6) is 5.75 Å². The van der Waals surface area contributed by atoms with E-state index in [0.717, 1.165) is 5.56 Å². The second-order valence-corrected chi connectivity index (χ2v) is 11.6. The molecule has 7 nitrogen and oxygen atoms in total. The van der Waals surface area contributed by atoms with E-state index in [4.69, 9.17) is 4.74 Å². The molecule has 0 saturated carbocycles. The Kier molecular flexibility index (Phi) is 6.09. The number of para-hydroxylation sites is 1. The van der Waals surface area contributed by atoms with Crippen LogP contribution in [-0.4, -0.2) is 38.1 Å². The molecule has 0 bridgehead atoms. The lowest BCUT2D eigenvalue weighted by Gasteiger charge is -2.36. The maximum atomic E-state index is 14.4. The molecule has 0 radical (unpaired) electrons. The standard InChI is InChI=1S/C31H26N2O5S/c1-38-23-16-18-24(19-17-23)39(36,37)33-20-25(21-10-4-2-5-11-21)28(29(34)22-12-6-3-7-13-22)31(33)26-14-8-9-15-27(26)32-30(31)35/h2-19,25,28H,20H2,1H3,(H,32,35). The molecule has 3 atom stereocenters. The van der Waals surface area contributed by atoms with Gasteiger partial charge >= 0.3 is 0 Å². The quantitative estimate of drug-likeness (QED) is 0.355. The molecule has 3 unspecified atom stereocenters. The Balaban J connectivity index is 1.63. The number of methoxy groups -OCH3 is 1. The minimum absolute atomic E-state index is 0.0134. The molecule has 1 amide bonds. The molecule has 39 heavy (non-hydrogen) atoms. The first-order chi connectivity index (χ1) is 18.9. The Morgan fingerprint density at radius 3 is 2.15 bits per heavy atom. The fraction of sp³-hybridized carbons (Fsp3) is 0.161. The first-order valence-corrected chi connectivity index (χ1v) is 14.0. The average molecular weight is 539 g/mol. The van der Waals surface area contributed by atoms with Gasteiger partial charge in [0.2, 0.25) is 10.0 Å². The van der Waals surface area contributed by atoms with E-state index >= 15 is 0 Å². The highest BCUT2D eigenvalue weighted by Crippen LogP contribution is 2.57. The molecule has 6 rings (SSSR count). The first kappa shape index (κ1) is 25.0. The molecule has 1 saturated heterocycles. The number of hydrogen-bond donors (Lipinski definition) is 1. The number of fused-ring (bicyclic) bond motifs is 2. The van der Waals surface area contributed by atoms with E-state index in [-0.39, 0.29) is 17.2 Å². The third-order valence-electron chi connectivity index (χ3n) is 7.76. The van der Waals surface area contributed by atoms with Crippen LogP contribution < -0.4 is 10.1 Å². The van der Waals surface area contributed by atoms with Crippen molar-refractivity contribution in [2.75, 3.05) is 19.0 Å². The van der Waals surface area contributed by atoms with Crippen LogP contribution in [0.1, 0.15) is 27.4 Å². The van der Waals surface area contributed by atoms with Crippen molar-refractivity contribution in [2.45, 2.75) is 16.4 Å². The summed E-state index contributed by atoms with van der Waals surface area (Å²) in [5.74, 6) is -1.91. The molecule has 8 heteroatoms. The lowest BCUT2D eigenvalue weighted by molar-refractivity contribution is -0.125. The summed E-state index contributed by atoms with van der Waals surface area (Å²) in [5.41, 5.74) is 0.388. The topological polar surface area (TPSA) is 92.8 Å². The van der Waals surface area contributed by atoms with Crippen LogP contribution in [0.2, 0.25) is 0 Å². The van der Waals surface area contributed by atoms with Crippen molar-refractivity contribution in [3.63, 3.8) is 0 Å². The van der Waals surface area contributed by atoms with Crippen molar-refractivity contribution in [2.24, 2.45) is 5.92 Å². The first-order valence-electron chi connectivity index (χ1n) is 12.6. The number of anilines is 1. The maximum Gasteiger partial charge on any atom is 0.251 e. The normalized spacial score (nSPS) is 22.4. The summed E-state index contributed by atoms with van der Waals surface area (Å²) in [4.78, 5) is 28.6. The third kappa shape index (κ3) is 3.78. The molecule has 4 aromatic rings. The van der Waals surface area contributed by atoms with Crippen molar-refractivity contribution in [1.82, 2.24) is 4.31 Å². The van der Waals surface area contributed by atoms with Crippen LogP contribution in [-0.2, 0) is 20.4 Å². The van der Waals surface area contributed by atoms with Crippen LogP contribution in [0.4, 0.5) is 5.69 Å². The summed E-state index contributed by atoms with van der Waals surface area (Å²) in [6.07, 6.45) is 0. The Morgan fingerprint density at radius 1 is 0.872 bits per heavy atom. The van der Waals surface area contributed by atoms with E-state index in [1.54, 1.807) is 60.7 Å². The minimum atomic E-state index is -4.26. The molecular formula is C31H26N2O5S. The van der Waals surface area contributed by atoms with E-state index in [9.17, 15) is 18.0 Å². The Morgan fingerprint density at radius 2 is 1.49 bits per heavy atom. The number of nitrogens with one attached hydrogen (secondary N) is 1. The highest BCUT2D eigenvalue weighted by atomic mass is 32.2. The van der Waals surface area contributed by atoms with E-state index in [1.165, 1.54) is 23.5 Å². The fourth-order valence-corrected chi connectivity index (χ4v) is 7.78. The third-order valence-corrected chi connectivity index (χ3v) is 9.64. The maximum absolute atomic E-state index is 14.4. The number of rotatable bonds is 6. The largest absolute Gasteiger partial charge is 0.497 e. The summed E-state index contributed by atoms with van der Waals surface area (Å²) in [7, 11) is -2.75. The zero-order chi connectivity index (χ0) is 27.2. The summed E-state index contributed by atoms with van der Waals surface area (Å²) in [6, 6.07) is 31.2. The van der Waals surface area contributed by atoms with Crippen LogP contribution in [0.15, 0.2) is 114 Å².